The molecule has 2 aromatic heterocycles. The lowest BCUT2D eigenvalue weighted by molar-refractivity contribution is 0.333. The van der Waals surface area contributed by atoms with Gasteiger partial charge in [0.05, 0.1) is 5.52 Å². The first kappa shape index (κ1) is 19.9. The van der Waals surface area contributed by atoms with Gasteiger partial charge in [0.2, 0.25) is 0 Å². The third-order valence-corrected chi connectivity index (χ3v) is 6.89. The summed E-state index contributed by atoms with van der Waals surface area (Å²) in [4.78, 5) is 6.55. The van der Waals surface area contributed by atoms with Crippen molar-refractivity contribution in [1.29, 1.82) is 0 Å². The molecule has 146 valence electrons. The highest BCUT2D eigenvalue weighted by Gasteiger charge is 2.30. The molecule has 0 bridgehead atoms. The van der Waals surface area contributed by atoms with Crippen molar-refractivity contribution in [2.75, 3.05) is 13.6 Å². The zero-order valence-electron chi connectivity index (χ0n) is 16.1. The summed E-state index contributed by atoms with van der Waals surface area (Å²) in [7, 11) is 0.156. The first-order valence-electron chi connectivity index (χ1n) is 8.86. The first-order valence-corrected chi connectivity index (χ1v) is 10.3. The predicted molar refractivity (Wildman–Crippen MR) is 109 cm³/mol. The molecule has 3 heterocycles. The van der Waals surface area contributed by atoms with Gasteiger partial charge in [0.15, 0.2) is 5.03 Å². The van der Waals surface area contributed by atoms with Crippen LogP contribution in [0.5, 0.6) is 0 Å². The van der Waals surface area contributed by atoms with Crippen molar-refractivity contribution in [3.05, 3.63) is 47.0 Å². The van der Waals surface area contributed by atoms with Crippen molar-refractivity contribution in [2.24, 2.45) is 7.05 Å². The van der Waals surface area contributed by atoms with E-state index < -0.39 is 10.0 Å². The molecule has 1 aliphatic rings. The fourth-order valence-electron chi connectivity index (χ4n) is 3.81. The molecule has 0 saturated carbocycles. The highest BCUT2D eigenvalue weighted by Crippen LogP contribution is 2.33. The van der Waals surface area contributed by atoms with Gasteiger partial charge in [-0.2, -0.15) is 8.42 Å². The Labute approximate surface area is 166 Å². The maximum absolute atomic E-state index is 13.5. The summed E-state index contributed by atoms with van der Waals surface area (Å²) in [6, 6.07) is 6.00. The van der Waals surface area contributed by atoms with E-state index in [0.717, 1.165) is 53.7 Å². The van der Waals surface area contributed by atoms with Crippen molar-refractivity contribution >= 4 is 33.3 Å². The van der Waals surface area contributed by atoms with Gasteiger partial charge in [-0.05, 0) is 58.0 Å². The monoisotopic (exact) mass is 408 g/mol. The van der Waals surface area contributed by atoms with Gasteiger partial charge in [0.25, 0.3) is 10.0 Å². The molecule has 8 heteroatoms. The summed E-state index contributed by atoms with van der Waals surface area (Å²) in [5, 5.41) is 1.14. The van der Waals surface area contributed by atoms with Crippen molar-refractivity contribution in [1.82, 2.24) is 18.4 Å². The molecule has 1 aliphatic heterocycles. The van der Waals surface area contributed by atoms with E-state index in [2.05, 4.69) is 23.0 Å². The van der Waals surface area contributed by atoms with Gasteiger partial charge in [0, 0.05) is 30.9 Å². The normalized spacial score (nSPS) is 15.4. The van der Waals surface area contributed by atoms with E-state index in [1.165, 1.54) is 3.97 Å². The minimum atomic E-state index is -3.75. The van der Waals surface area contributed by atoms with Crippen LogP contribution in [0, 0.1) is 13.8 Å². The van der Waals surface area contributed by atoms with Crippen LogP contribution in [0.3, 0.4) is 0 Å². The van der Waals surface area contributed by atoms with Crippen LogP contribution in [-0.4, -0.2) is 40.4 Å². The van der Waals surface area contributed by atoms with Gasteiger partial charge in [-0.15, -0.1) is 12.4 Å². The lowest BCUT2D eigenvalue weighted by Gasteiger charge is -2.12. The molecule has 0 unspecified atom stereocenters. The van der Waals surface area contributed by atoms with Crippen LogP contribution in [0.2, 0.25) is 0 Å². The number of fused-ring (bicyclic) bond motifs is 3. The molecule has 0 amide bonds. The van der Waals surface area contributed by atoms with Gasteiger partial charge >= 0.3 is 0 Å². The summed E-state index contributed by atoms with van der Waals surface area (Å²) in [6.45, 7) is 5.58. The molecule has 3 aromatic rings. The Morgan fingerprint density at radius 3 is 2.56 bits per heavy atom. The number of hydrogen-bond donors (Lipinski definition) is 0. The molecule has 0 aliphatic carbocycles. The second-order valence-electron chi connectivity index (χ2n) is 7.29. The molecule has 0 saturated heterocycles. The highest BCUT2D eigenvalue weighted by atomic mass is 35.5. The molecule has 1 aromatic carbocycles. The van der Waals surface area contributed by atoms with E-state index in [4.69, 9.17) is 0 Å². The van der Waals surface area contributed by atoms with Crippen molar-refractivity contribution < 1.29 is 8.42 Å². The summed E-state index contributed by atoms with van der Waals surface area (Å²) in [5.74, 6) is 0.682. The van der Waals surface area contributed by atoms with Crippen LogP contribution < -0.4 is 0 Å². The zero-order valence-corrected chi connectivity index (χ0v) is 17.7. The van der Waals surface area contributed by atoms with E-state index >= 15 is 0 Å². The molecule has 0 atom stereocenters. The molecular weight excluding hydrogens is 384 g/mol. The smallest absolute Gasteiger partial charge is 0.287 e. The van der Waals surface area contributed by atoms with E-state index in [1.807, 2.05) is 33.0 Å². The SMILES string of the molecule is Cc1ccc2c(c1)c1c(n2S(=O)(=O)c2cn(C)c(C)n2)CCCN(C)C1.Cl. The Balaban J connectivity index is 0.00000210. The van der Waals surface area contributed by atoms with Gasteiger partial charge in [-0.1, -0.05) is 11.6 Å². The first-order chi connectivity index (χ1) is 12.3. The minimum absolute atomic E-state index is 0. The van der Waals surface area contributed by atoms with E-state index in [9.17, 15) is 8.42 Å². The van der Waals surface area contributed by atoms with Crippen LogP contribution >= 0.6 is 12.4 Å². The number of nitrogens with zero attached hydrogens (tertiary/aromatic N) is 4. The summed E-state index contributed by atoms with van der Waals surface area (Å²) < 4.78 is 30.3. The topological polar surface area (TPSA) is 60.1 Å². The molecule has 6 nitrogen and oxygen atoms in total. The number of rotatable bonds is 2. The number of benzene rings is 1. The van der Waals surface area contributed by atoms with Crippen LogP contribution in [-0.2, 0) is 30.0 Å². The summed E-state index contributed by atoms with van der Waals surface area (Å²) >= 11 is 0. The lowest BCUT2D eigenvalue weighted by atomic mass is 10.1. The van der Waals surface area contributed by atoms with Crippen molar-refractivity contribution in [3.63, 3.8) is 0 Å². The predicted octanol–water partition coefficient (Wildman–Crippen LogP) is 3.03. The maximum Gasteiger partial charge on any atom is 0.287 e. The second kappa shape index (κ2) is 6.96. The van der Waals surface area contributed by atoms with Crippen LogP contribution in [0.1, 0.15) is 29.1 Å². The standard InChI is InChI=1S/C19H24N4O2S.ClH/c1-13-7-8-18-15(10-13)16-11-21(3)9-5-6-17(16)23(18)26(24,25)19-12-22(4)14(2)20-19;/h7-8,10,12H,5-6,9,11H2,1-4H3;1H. The van der Waals surface area contributed by atoms with Crippen LogP contribution in [0.4, 0.5) is 0 Å². The summed E-state index contributed by atoms with van der Waals surface area (Å²) in [6.07, 6.45) is 3.29. The third kappa shape index (κ3) is 3.17. The maximum atomic E-state index is 13.5. The number of imidazole rings is 1. The quantitative estimate of drug-likeness (QED) is 0.654. The van der Waals surface area contributed by atoms with Crippen LogP contribution in [0.25, 0.3) is 10.9 Å². The molecule has 4 rings (SSSR count). The van der Waals surface area contributed by atoms with Gasteiger partial charge in [0.1, 0.15) is 5.82 Å². The zero-order chi connectivity index (χ0) is 18.6. The third-order valence-electron chi connectivity index (χ3n) is 5.26. The molecule has 0 radical (unpaired) electrons. The van der Waals surface area contributed by atoms with Crippen LogP contribution in [0.15, 0.2) is 29.4 Å². The van der Waals surface area contributed by atoms with E-state index in [-0.39, 0.29) is 17.4 Å². The Kier molecular flexibility index (Phi) is 5.14. The number of hydrogen-bond acceptors (Lipinski definition) is 4. The number of aromatic nitrogens is 3. The van der Waals surface area contributed by atoms with Crippen molar-refractivity contribution in [2.45, 2.75) is 38.3 Å². The van der Waals surface area contributed by atoms with Crippen molar-refractivity contribution in [3.8, 4) is 0 Å². The average Bonchev–Trinajstić information content (AvgIpc) is 2.99. The summed E-state index contributed by atoms with van der Waals surface area (Å²) in [5.41, 5.74) is 3.91. The number of halogens is 1. The Morgan fingerprint density at radius 2 is 1.89 bits per heavy atom. The average molecular weight is 409 g/mol. The van der Waals surface area contributed by atoms with E-state index in [1.54, 1.807) is 10.8 Å². The second-order valence-corrected chi connectivity index (χ2v) is 9.03. The molecule has 0 fully saturated rings. The largest absolute Gasteiger partial charge is 0.337 e. The molecule has 27 heavy (non-hydrogen) atoms. The Hall–Kier alpha value is -1.83. The molecular formula is C19H25ClN4O2S. The highest BCUT2D eigenvalue weighted by molar-refractivity contribution is 7.90. The fourth-order valence-corrected chi connectivity index (χ4v) is 5.44. The van der Waals surface area contributed by atoms with Gasteiger partial charge < -0.3 is 9.47 Å². The molecule has 0 N–H and O–H groups in total. The Morgan fingerprint density at radius 1 is 1.15 bits per heavy atom. The molecule has 0 spiro atoms. The van der Waals surface area contributed by atoms with E-state index in [0.29, 0.717) is 5.82 Å². The Bertz CT molecular complexity index is 1100. The fraction of sp³-hybridized carbons (Fsp3) is 0.421. The minimum Gasteiger partial charge on any atom is -0.337 e. The lowest BCUT2D eigenvalue weighted by Crippen LogP contribution is -2.17. The number of aryl methyl sites for hydroxylation is 3. The van der Waals surface area contributed by atoms with Gasteiger partial charge in [-0.25, -0.2) is 8.96 Å². The van der Waals surface area contributed by atoms with Gasteiger partial charge in [-0.3, -0.25) is 0 Å².